The second kappa shape index (κ2) is 7.11. The molecule has 1 aliphatic rings. The van der Waals surface area contributed by atoms with Gasteiger partial charge in [0.2, 0.25) is 5.91 Å². The van der Waals surface area contributed by atoms with Crippen LogP contribution in [0.5, 0.6) is 0 Å². The van der Waals surface area contributed by atoms with Crippen LogP contribution in [0.25, 0.3) is 22.2 Å². The number of hydrazine groups is 1. The number of hydrogen-bond donors (Lipinski definition) is 5. The number of amides is 1. The first-order valence-electron chi connectivity index (χ1n) is 8.93. The van der Waals surface area contributed by atoms with Gasteiger partial charge in [0.25, 0.3) is 0 Å². The Kier molecular flexibility index (Phi) is 4.65. The molecule has 1 fully saturated rings. The molecule has 2 aromatic carbocycles. The monoisotopic (exact) mass is 367 g/mol. The fourth-order valence-electron chi connectivity index (χ4n) is 3.48. The molecule has 2 heterocycles. The van der Waals surface area contributed by atoms with E-state index in [0.29, 0.717) is 18.5 Å². The lowest BCUT2D eigenvalue weighted by Crippen LogP contribution is -2.43. The van der Waals surface area contributed by atoms with Crippen LogP contribution < -0.4 is 21.9 Å². The van der Waals surface area contributed by atoms with Crippen molar-refractivity contribution in [3.63, 3.8) is 0 Å². The van der Waals surface area contributed by atoms with Gasteiger partial charge in [0.05, 0.1) is 11.9 Å². The van der Waals surface area contributed by atoms with Gasteiger partial charge < -0.3 is 16.0 Å². The molecule has 6 nitrogen and oxygen atoms in total. The predicted octanol–water partition coefficient (Wildman–Crippen LogP) is 2.05. The van der Waals surface area contributed by atoms with Gasteiger partial charge in [-0.25, -0.2) is 15.2 Å². The third-order valence-electron chi connectivity index (χ3n) is 4.98. The van der Waals surface area contributed by atoms with E-state index in [-0.39, 0.29) is 23.9 Å². The summed E-state index contributed by atoms with van der Waals surface area (Å²) in [6, 6.07) is 12.3. The zero-order valence-corrected chi connectivity index (χ0v) is 15.0. The van der Waals surface area contributed by atoms with Crippen molar-refractivity contribution in [2.24, 2.45) is 5.73 Å². The van der Waals surface area contributed by atoms with E-state index in [1.807, 2.05) is 31.2 Å². The largest absolute Gasteiger partial charge is 0.354 e. The number of nitrogens with one attached hydrogen (secondary N) is 4. The minimum atomic E-state index is -0.328. The van der Waals surface area contributed by atoms with Gasteiger partial charge in [-0.2, -0.15) is 0 Å². The minimum Gasteiger partial charge on any atom is -0.354 e. The van der Waals surface area contributed by atoms with E-state index in [0.717, 1.165) is 27.7 Å². The summed E-state index contributed by atoms with van der Waals surface area (Å²) in [6.45, 7) is 2.39. The summed E-state index contributed by atoms with van der Waals surface area (Å²) in [7, 11) is 0. The van der Waals surface area contributed by atoms with Gasteiger partial charge in [0, 0.05) is 29.4 Å². The number of nitrogens with two attached hydrogens (primary N) is 1. The Morgan fingerprint density at radius 3 is 2.81 bits per heavy atom. The van der Waals surface area contributed by atoms with Crippen LogP contribution in [-0.4, -0.2) is 23.1 Å². The number of benzene rings is 2. The van der Waals surface area contributed by atoms with Crippen molar-refractivity contribution >= 4 is 16.8 Å². The van der Waals surface area contributed by atoms with Crippen molar-refractivity contribution in [3.8, 4) is 11.3 Å². The number of fused-ring (bicyclic) bond motifs is 1. The maximum atomic E-state index is 14.2. The molecule has 2 atom stereocenters. The smallest absolute Gasteiger partial charge is 0.238 e. The first kappa shape index (κ1) is 17.7. The van der Waals surface area contributed by atoms with Crippen LogP contribution >= 0.6 is 0 Å². The third kappa shape index (κ3) is 3.44. The highest BCUT2D eigenvalue weighted by atomic mass is 19.1. The third-order valence-corrected chi connectivity index (χ3v) is 4.98. The number of aromatic nitrogens is 1. The molecule has 140 valence electrons. The lowest BCUT2D eigenvalue weighted by Gasteiger charge is -2.10. The molecule has 0 bridgehead atoms. The van der Waals surface area contributed by atoms with E-state index in [2.05, 4.69) is 21.2 Å². The summed E-state index contributed by atoms with van der Waals surface area (Å²) in [5.41, 5.74) is 15.7. The van der Waals surface area contributed by atoms with E-state index in [1.165, 1.54) is 6.07 Å². The molecule has 1 aromatic heterocycles. The number of aromatic amines is 1. The molecular formula is C20H22FN5O. The molecule has 4 rings (SSSR count). The van der Waals surface area contributed by atoms with Crippen molar-refractivity contribution < 1.29 is 9.18 Å². The lowest BCUT2D eigenvalue weighted by atomic mass is 10.0. The highest BCUT2D eigenvalue weighted by molar-refractivity contribution is 5.91. The quantitative estimate of drug-likeness (QED) is 0.488. The van der Waals surface area contributed by atoms with Gasteiger partial charge in [-0.1, -0.05) is 18.2 Å². The average Bonchev–Trinajstić information content (AvgIpc) is 3.24. The Balaban J connectivity index is 1.55. The first-order valence-corrected chi connectivity index (χ1v) is 8.93. The SMILES string of the molecule is Cc1c(-c2ccccc2F)[nH]c2ccc(CNC(=O)C3CC(N)NN3)cc12. The molecule has 0 saturated carbocycles. The zero-order chi connectivity index (χ0) is 19.0. The average molecular weight is 367 g/mol. The topological polar surface area (TPSA) is 95.0 Å². The van der Waals surface area contributed by atoms with Crippen molar-refractivity contribution in [2.75, 3.05) is 0 Å². The molecule has 3 aromatic rings. The first-order chi connectivity index (χ1) is 13.0. The number of carbonyl (C=O) groups is 1. The molecule has 1 amide bonds. The Bertz CT molecular complexity index is 999. The summed E-state index contributed by atoms with van der Waals surface area (Å²) in [4.78, 5) is 15.5. The van der Waals surface area contributed by atoms with Gasteiger partial charge in [0.15, 0.2) is 0 Å². The van der Waals surface area contributed by atoms with Crippen molar-refractivity contribution in [3.05, 3.63) is 59.4 Å². The van der Waals surface area contributed by atoms with Gasteiger partial charge in [0.1, 0.15) is 11.9 Å². The molecule has 6 N–H and O–H groups in total. The molecule has 0 spiro atoms. The number of hydrogen-bond acceptors (Lipinski definition) is 4. The molecule has 0 radical (unpaired) electrons. The van der Waals surface area contributed by atoms with Crippen LogP contribution in [0.3, 0.4) is 0 Å². The maximum absolute atomic E-state index is 14.2. The molecule has 7 heteroatoms. The van der Waals surface area contributed by atoms with Gasteiger partial charge in [-0.3, -0.25) is 4.79 Å². The Morgan fingerprint density at radius 1 is 1.26 bits per heavy atom. The van der Waals surface area contributed by atoms with Gasteiger partial charge in [-0.15, -0.1) is 0 Å². The van der Waals surface area contributed by atoms with E-state index < -0.39 is 0 Å². The van der Waals surface area contributed by atoms with Crippen molar-refractivity contribution in [1.82, 2.24) is 21.2 Å². The van der Waals surface area contributed by atoms with E-state index >= 15 is 0 Å². The summed E-state index contributed by atoms with van der Waals surface area (Å²) in [6.07, 6.45) is 0.338. The number of rotatable bonds is 4. The summed E-state index contributed by atoms with van der Waals surface area (Å²) in [5.74, 6) is -0.344. The normalized spacial score (nSPS) is 19.5. The summed E-state index contributed by atoms with van der Waals surface area (Å²) < 4.78 is 14.2. The molecule has 1 saturated heterocycles. The summed E-state index contributed by atoms with van der Waals surface area (Å²) >= 11 is 0. The molecular weight excluding hydrogens is 345 g/mol. The Morgan fingerprint density at radius 2 is 2.07 bits per heavy atom. The molecule has 27 heavy (non-hydrogen) atoms. The maximum Gasteiger partial charge on any atom is 0.238 e. The van der Waals surface area contributed by atoms with Crippen LogP contribution in [0.2, 0.25) is 0 Å². The van der Waals surface area contributed by atoms with Crippen molar-refractivity contribution in [2.45, 2.75) is 32.1 Å². The van der Waals surface area contributed by atoms with Crippen LogP contribution in [0.1, 0.15) is 17.5 Å². The highest BCUT2D eigenvalue weighted by Gasteiger charge is 2.26. The molecule has 2 unspecified atom stereocenters. The number of halogens is 1. The molecule has 1 aliphatic heterocycles. The van der Waals surface area contributed by atoms with Crippen LogP contribution in [0.4, 0.5) is 4.39 Å². The van der Waals surface area contributed by atoms with Crippen LogP contribution in [0, 0.1) is 12.7 Å². The van der Waals surface area contributed by atoms with Crippen LogP contribution in [-0.2, 0) is 11.3 Å². The lowest BCUT2D eigenvalue weighted by molar-refractivity contribution is -0.123. The zero-order valence-electron chi connectivity index (χ0n) is 15.0. The van der Waals surface area contributed by atoms with E-state index in [9.17, 15) is 9.18 Å². The second-order valence-electron chi connectivity index (χ2n) is 6.89. The summed E-state index contributed by atoms with van der Waals surface area (Å²) in [5, 5.41) is 3.94. The fraction of sp³-hybridized carbons (Fsp3) is 0.250. The predicted molar refractivity (Wildman–Crippen MR) is 103 cm³/mol. The Labute approximate surface area is 156 Å². The van der Waals surface area contributed by atoms with E-state index in [4.69, 9.17) is 5.73 Å². The highest BCUT2D eigenvalue weighted by Crippen LogP contribution is 2.31. The fourth-order valence-corrected chi connectivity index (χ4v) is 3.48. The number of aryl methyl sites for hydroxylation is 1. The van der Waals surface area contributed by atoms with Crippen molar-refractivity contribution in [1.29, 1.82) is 0 Å². The molecule has 0 aliphatic carbocycles. The van der Waals surface area contributed by atoms with Gasteiger partial charge in [-0.05, 0) is 42.3 Å². The minimum absolute atomic E-state index is 0.0895. The standard InChI is InChI=1S/C20H22FN5O/c1-11-14-8-12(10-23-20(27)17-9-18(22)26-25-17)6-7-16(14)24-19(11)13-4-2-3-5-15(13)21/h2-8,17-18,24-26H,9-10,22H2,1H3,(H,23,27). The van der Waals surface area contributed by atoms with Crippen LogP contribution in [0.15, 0.2) is 42.5 Å². The number of H-pyrrole nitrogens is 1. The Hall–Kier alpha value is -2.74. The number of carbonyl (C=O) groups excluding carboxylic acids is 1. The van der Waals surface area contributed by atoms with E-state index in [1.54, 1.807) is 12.1 Å². The van der Waals surface area contributed by atoms with Gasteiger partial charge >= 0.3 is 0 Å². The second-order valence-corrected chi connectivity index (χ2v) is 6.89.